The Hall–Kier alpha value is -2.69. The fourth-order valence-electron chi connectivity index (χ4n) is 3.32. The summed E-state index contributed by atoms with van der Waals surface area (Å²) in [4.78, 5) is 18.2. The van der Waals surface area contributed by atoms with Crippen LogP contribution in [0.25, 0.3) is 11.3 Å². The molecule has 34 heavy (non-hydrogen) atoms. The van der Waals surface area contributed by atoms with Gasteiger partial charge in [-0.15, -0.1) is 33.3 Å². The molecule has 2 aromatic carbocycles. The third-order valence-electron chi connectivity index (χ3n) is 4.98. The quantitative estimate of drug-likeness (QED) is 0.261. The predicted octanol–water partition coefficient (Wildman–Crippen LogP) is 6.03. The Labute approximate surface area is 210 Å². The SMILES string of the molecule is CCn1c(CSCc2ccccc2F)nnc1SCC(=O)Nc1nc(-c2ccccc2)c(C)s1. The molecule has 176 valence electrons. The van der Waals surface area contributed by atoms with Gasteiger partial charge in [-0.1, -0.05) is 60.3 Å². The molecule has 0 radical (unpaired) electrons. The average Bonchev–Trinajstić information content (AvgIpc) is 3.41. The van der Waals surface area contributed by atoms with Gasteiger partial charge in [0.1, 0.15) is 11.6 Å². The Kier molecular flexibility index (Phi) is 8.36. The summed E-state index contributed by atoms with van der Waals surface area (Å²) in [5, 5.41) is 12.7. The molecule has 4 rings (SSSR count). The topological polar surface area (TPSA) is 72.7 Å². The van der Waals surface area contributed by atoms with Crippen molar-refractivity contribution < 1.29 is 9.18 Å². The van der Waals surface area contributed by atoms with Crippen LogP contribution < -0.4 is 5.32 Å². The zero-order valence-corrected chi connectivity index (χ0v) is 21.3. The van der Waals surface area contributed by atoms with Gasteiger partial charge in [-0.3, -0.25) is 4.79 Å². The zero-order chi connectivity index (χ0) is 23.9. The van der Waals surface area contributed by atoms with E-state index in [0.717, 1.165) is 22.0 Å². The van der Waals surface area contributed by atoms with E-state index in [1.807, 2.05) is 54.8 Å². The lowest BCUT2D eigenvalue weighted by molar-refractivity contribution is -0.113. The Morgan fingerprint density at radius 1 is 1.09 bits per heavy atom. The van der Waals surface area contributed by atoms with Crippen LogP contribution in [0, 0.1) is 12.7 Å². The first-order valence-electron chi connectivity index (χ1n) is 10.7. The fourth-order valence-corrected chi connectivity index (χ4v) is 5.94. The number of thioether (sulfide) groups is 2. The number of aryl methyl sites for hydroxylation is 1. The van der Waals surface area contributed by atoms with Crippen molar-refractivity contribution in [2.75, 3.05) is 11.1 Å². The lowest BCUT2D eigenvalue weighted by Gasteiger charge is -2.07. The summed E-state index contributed by atoms with van der Waals surface area (Å²) >= 11 is 4.39. The summed E-state index contributed by atoms with van der Waals surface area (Å²) in [5.74, 6) is 1.86. The Morgan fingerprint density at radius 2 is 1.85 bits per heavy atom. The molecule has 2 aromatic heterocycles. The van der Waals surface area contributed by atoms with Gasteiger partial charge in [-0.2, -0.15) is 0 Å². The van der Waals surface area contributed by atoms with Crippen LogP contribution in [-0.2, 0) is 22.8 Å². The van der Waals surface area contributed by atoms with Crippen molar-refractivity contribution in [1.82, 2.24) is 19.7 Å². The third kappa shape index (κ3) is 6.05. The van der Waals surface area contributed by atoms with Crippen LogP contribution in [0.3, 0.4) is 0 Å². The number of hydrogen-bond donors (Lipinski definition) is 1. The van der Waals surface area contributed by atoms with Crippen molar-refractivity contribution in [1.29, 1.82) is 0 Å². The number of amides is 1. The van der Waals surface area contributed by atoms with Crippen molar-refractivity contribution in [3.63, 3.8) is 0 Å². The van der Waals surface area contributed by atoms with Crippen molar-refractivity contribution in [2.45, 2.75) is 37.1 Å². The number of carbonyl (C=O) groups excluding carboxylic acids is 1. The molecule has 10 heteroatoms. The van der Waals surface area contributed by atoms with Crippen LogP contribution in [0.15, 0.2) is 59.8 Å². The summed E-state index contributed by atoms with van der Waals surface area (Å²) in [6, 6.07) is 16.7. The first kappa shape index (κ1) is 24.4. The van der Waals surface area contributed by atoms with E-state index in [0.29, 0.717) is 33.9 Å². The first-order valence-corrected chi connectivity index (χ1v) is 13.7. The Balaban J connectivity index is 1.32. The van der Waals surface area contributed by atoms with E-state index < -0.39 is 0 Å². The van der Waals surface area contributed by atoms with Gasteiger partial charge in [0, 0.05) is 22.7 Å². The largest absolute Gasteiger partial charge is 0.306 e. The van der Waals surface area contributed by atoms with Crippen LogP contribution in [-0.4, -0.2) is 31.4 Å². The molecule has 2 heterocycles. The minimum atomic E-state index is -0.194. The lowest BCUT2D eigenvalue weighted by atomic mass is 10.1. The van der Waals surface area contributed by atoms with Crippen molar-refractivity contribution in [3.8, 4) is 11.3 Å². The summed E-state index contributed by atoms with van der Waals surface area (Å²) in [6.07, 6.45) is 0. The summed E-state index contributed by atoms with van der Waals surface area (Å²) in [6.45, 7) is 4.71. The standard InChI is InChI=1S/C24H24FN5OS3/c1-3-30-20(14-32-13-18-11-7-8-12-19(18)25)28-29-24(30)33-15-21(31)26-23-27-22(16(2)34-23)17-9-5-4-6-10-17/h4-12H,3,13-15H2,1-2H3,(H,26,27,31). The molecule has 0 saturated heterocycles. The van der Waals surface area contributed by atoms with Gasteiger partial charge in [0.05, 0.1) is 17.2 Å². The highest BCUT2D eigenvalue weighted by molar-refractivity contribution is 7.99. The monoisotopic (exact) mass is 513 g/mol. The number of nitrogens with one attached hydrogen (secondary N) is 1. The molecule has 0 fully saturated rings. The summed E-state index contributed by atoms with van der Waals surface area (Å²) in [7, 11) is 0. The number of nitrogens with zero attached hydrogens (tertiary/aromatic N) is 4. The van der Waals surface area contributed by atoms with E-state index in [4.69, 9.17) is 0 Å². The van der Waals surface area contributed by atoms with E-state index in [-0.39, 0.29) is 17.5 Å². The predicted molar refractivity (Wildman–Crippen MR) is 139 cm³/mol. The highest BCUT2D eigenvalue weighted by Crippen LogP contribution is 2.30. The molecular weight excluding hydrogens is 489 g/mol. The van der Waals surface area contributed by atoms with E-state index in [1.165, 1.54) is 29.2 Å². The minimum Gasteiger partial charge on any atom is -0.306 e. The van der Waals surface area contributed by atoms with Crippen LogP contribution in [0.2, 0.25) is 0 Å². The van der Waals surface area contributed by atoms with Gasteiger partial charge < -0.3 is 9.88 Å². The number of hydrogen-bond acceptors (Lipinski definition) is 7. The molecule has 0 aliphatic carbocycles. The molecule has 0 unspecified atom stereocenters. The summed E-state index contributed by atoms with van der Waals surface area (Å²) in [5.41, 5.74) is 2.59. The Morgan fingerprint density at radius 3 is 2.62 bits per heavy atom. The fraction of sp³-hybridized carbons (Fsp3) is 0.250. The number of carbonyl (C=O) groups is 1. The van der Waals surface area contributed by atoms with Gasteiger partial charge in [0.25, 0.3) is 0 Å². The molecular formula is C24H24FN5OS3. The second kappa shape index (κ2) is 11.6. The number of halogens is 1. The van der Waals surface area contributed by atoms with Gasteiger partial charge in [-0.25, -0.2) is 9.37 Å². The molecule has 0 saturated carbocycles. The molecule has 0 bridgehead atoms. The number of benzene rings is 2. The molecule has 6 nitrogen and oxygen atoms in total. The van der Waals surface area contributed by atoms with Crippen molar-refractivity contribution in [3.05, 3.63) is 76.7 Å². The second-order valence-corrected chi connectivity index (χ2v) is 10.5. The van der Waals surface area contributed by atoms with E-state index in [1.54, 1.807) is 23.9 Å². The normalized spacial score (nSPS) is 11.0. The van der Waals surface area contributed by atoms with E-state index in [2.05, 4.69) is 20.5 Å². The lowest BCUT2D eigenvalue weighted by Crippen LogP contribution is -2.14. The smallest absolute Gasteiger partial charge is 0.236 e. The number of rotatable bonds is 10. The van der Waals surface area contributed by atoms with Gasteiger partial charge in [-0.05, 0) is 25.5 Å². The highest BCUT2D eigenvalue weighted by Gasteiger charge is 2.16. The molecule has 0 aliphatic heterocycles. The van der Waals surface area contributed by atoms with Crippen LogP contribution in [0.4, 0.5) is 9.52 Å². The molecule has 0 spiro atoms. The number of aromatic nitrogens is 4. The van der Waals surface area contributed by atoms with Crippen LogP contribution in [0.5, 0.6) is 0 Å². The van der Waals surface area contributed by atoms with Crippen LogP contribution >= 0.6 is 34.9 Å². The molecule has 1 amide bonds. The zero-order valence-electron chi connectivity index (χ0n) is 18.8. The van der Waals surface area contributed by atoms with E-state index in [9.17, 15) is 9.18 Å². The third-order valence-corrected chi connectivity index (χ3v) is 7.81. The maximum absolute atomic E-state index is 13.8. The maximum Gasteiger partial charge on any atom is 0.236 e. The van der Waals surface area contributed by atoms with Gasteiger partial charge in [0.15, 0.2) is 10.3 Å². The van der Waals surface area contributed by atoms with Gasteiger partial charge in [0.2, 0.25) is 5.91 Å². The van der Waals surface area contributed by atoms with E-state index >= 15 is 0 Å². The molecule has 4 aromatic rings. The highest BCUT2D eigenvalue weighted by atomic mass is 32.2. The van der Waals surface area contributed by atoms with Crippen molar-refractivity contribution >= 4 is 45.9 Å². The van der Waals surface area contributed by atoms with Crippen LogP contribution in [0.1, 0.15) is 23.2 Å². The average molecular weight is 514 g/mol. The minimum absolute atomic E-state index is 0.139. The number of anilines is 1. The second-order valence-electron chi connectivity index (χ2n) is 7.35. The maximum atomic E-state index is 13.8. The molecule has 0 atom stereocenters. The first-order chi connectivity index (χ1) is 16.5. The molecule has 1 N–H and O–H groups in total. The van der Waals surface area contributed by atoms with Crippen molar-refractivity contribution in [2.24, 2.45) is 0 Å². The van der Waals surface area contributed by atoms with Gasteiger partial charge >= 0.3 is 0 Å². The number of thiazole rings is 1. The molecule has 0 aliphatic rings. The summed E-state index contributed by atoms with van der Waals surface area (Å²) < 4.78 is 15.8. The Bertz CT molecular complexity index is 1260.